The van der Waals surface area contributed by atoms with Gasteiger partial charge in [0.2, 0.25) is 5.91 Å². The fraction of sp³-hybridized carbons (Fsp3) is 0.478. The van der Waals surface area contributed by atoms with Crippen molar-refractivity contribution < 1.29 is 14.0 Å². The van der Waals surface area contributed by atoms with Crippen molar-refractivity contribution in [2.75, 3.05) is 26.2 Å². The van der Waals surface area contributed by atoms with Crippen LogP contribution in [0.25, 0.3) is 0 Å². The lowest BCUT2D eigenvalue weighted by molar-refractivity contribution is -0.129. The Hall–Kier alpha value is -2.31. The monoisotopic (exact) mass is 429 g/mol. The molecule has 1 N–H and O–H groups in total. The van der Waals surface area contributed by atoms with Gasteiger partial charge in [0, 0.05) is 26.2 Å². The molecule has 6 nitrogen and oxygen atoms in total. The van der Waals surface area contributed by atoms with Gasteiger partial charge in [-0.1, -0.05) is 36.6 Å². The average molecular weight is 430 g/mol. The smallest absolute Gasteiger partial charge is 0.255 e. The lowest BCUT2D eigenvalue weighted by atomic mass is 9.95. The highest BCUT2D eigenvalue weighted by Crippen LogP contribution is 2.31. The van der Waals surface area contributed by atoms with Crippen molar-refractivity contribution in [2.24, 2.45) is 5.92 Å². The van der Waals surface area contributed by atoms with E-state index in [1.54, 1.807) is 18.4 Å². The Kier molecular flexibility index (Phi) is 6.75. The summed E-state index contributed by atoms with van der Waals surface area (Å²) in [5.41, 5.74) is 0.538. The van der Waals surface area contributed by atoms with E-state index < -0.39 is 0 Å². The second kappa shape index (κ2) is 9.67. The normalized spacial score (nSPS) is 19.0. The maximum absolute atomic E-state index is 13.1. The van der Waals surface area contributed by atoms with Crippen molar-refractivity contribution in [1.82, 2.24) is 15.1 Å². The SMILES string of the molecule is O=C(NCc1ccco1)C(C1CCCC1)N1CCN(C(=O)c2ccccc2Cl)CC1. The minimum atomic E-state index is -0.153. The van der Waals surface area contributed by atoms with Gasteiger partial charge in [0.25, 0.3) is 5.91 Å². The molecule has 2 heterocycles. The van der Waals surface area contributed by atoms with Crippen LogP contribution in [-0.4, -0.2) is 53.8 Å². The summed E-state index contributed by atoms with van der Waals surface area (Å²) >= 11 is 6.20. The molecule has 1 aromatic carbocycles. The van der Waals surface area contributed by atoms with E-state index in [0.717, 1.165) is 18.6 Å². The van der Waals surface area contributed by atoms with Gasteiger partial charge in [-0.15, -0.1) is 0 Å². The second-order valence-corrected chi connectivity index (χ2v) is 8.50. The summed E-state index contributed by atoms with van der Waals surface area (Å²) in [6.45, 7) is 2.97. The summed E-state index contributed by atoms with van der Waals surface area (Å²) in [5.74, 6) is 1.14. The van der Waals surface area contributed by atoms with E-state index in [4.69, 9.17) is 16.0 Å². The molecule has 2 aromatic rings. The number of hydrogen-bond donors (Lipinski definition) is 1. The first kappa shape index (κ1) is 20.9. The average Bonchev–Trinajstić information content (AvgIpc) is 3.47. The van der Waals surface area contributed by atoms with Crippen molar-refractivity contribution in [1.29, 1.82) is 0 Å². The number of hydrogen-bond acceptors (Lipinski definition) is 4. The van der Waals surface area contributed by atoms with E-state index in [2.05, 4.69) is 10.2 Å². The van der Waals surface area contributed by atoms with Gasteiger partial charge < -0.3 is 14.6 Å². The zero-order valence-corrected chi connectivity index (χ0v) is 17.8. The Morgan fingerprint density at radius 2 is 1.80 bits per heavy atom. The summed E-state index contributed by atoms with van der Waals surface area (Å²) in [6.07, 6.45) is 6.13. The van der Waals surface area contributed by atoms with Gasteiger partial charge in [0.1, 0.15) is 5.76 Å². The van der Waals surface area contributed by atoms with Gasteiger partial charge in [0.15, 0.2) is 0 Å². The number of amides is 2. The molecule has 1 saturated carbocycles. The van der Waals surface area contributed by atoms with Gasteiger partial charge >= 0.3 is 0 Å². The van der Waals surface area contributed by atoms with E-state index in [-0.39, 0.29) is 17.9 Å². The van der Waals surface area contributed by atoms with Crippen molar-refractivity contribution in [3.63, 3.8) is 0 Å². The Balaban J connectivity index is 1.39. The molecule has 30 heavy (non-hydrogen) atoms. The zero-order chi connectivity index (χ0) is 20.9. The minimum Gasteiger partial charge on any atom is -0.467 e. The predicted octanol–water partition coefficient (Wildman–Crippen LogP) is 3.57. The van der Waals surface area contributed by atoms with Crippen LogP contribution in [0.4, 0.5) is 0 Å². The van der Waals surface area contributed by atoms with E-state index in [1.807, 2.05) is 29.2 Å². The summed E-state index contributed by atoms with van der Waals surface area (Å²) < 4.78 is 5.34. The molecule has 0 bridgehead atoms. The first-order valence-electron chi connectivity index (χ1n) is 10.7. The van der Waals surface area contributed by atoms with Crippen LogP contribution < -0.4 is 5.32 Å². The highest BCUT2D eigenvalue weighted by atomic mass is 35.5. The van der Waals surface area contributed by atoms with Crippen LogP contribution in [0.5, 0.6) is 0 Å². The quantitative estimate of drug-likeness (QED) is 0.762. The lowest BCUT2D eigenvalue weighted by Gasteiger charge is -2.40. The van der Waals surface area contributed by atoms with Gasteiger partial charge in [-0.2, -0.15) is 0 Å². The fourth-order valence-electron chi connectivity index (χ4n) is 4.65. The lowest BCUT2D eigenvalue weighted by Crippen LogP contribution is -2.57. The summed E-state index contributed by atoms with van der Waals surface area (Å²) in [5, 5.41) is 3.53. The first-order valence-corrected chi connectivity index (χ1v) is 11.1. The maximum atomic E-state index is 13.1. The van der Waals surface area contributed by atoms with Crippen LogP contribution >= 0.6 is 11.6 Å². The molecule has 2 amide bonds. The largest absolute Gasteiger partial charge is 0.467 e. The molecule has 1 atom stereocenters. The predicted molar refractivity (Wildman–Crippen MR) is 115 cm³/mol. The van der Waals surface area contributed by atoms with Crippen molar-refractivity contribution >= 4 is 23.4 Å². The topological polar surface area (TPSA) is 65.8 Å². The summed E-state index contributed by atoms with van der Waals surface area (Å²) in [7, 11) is 0. The Bertz CT molecular complexity index is 856. The molecule has 160 valence electrons. The van der Waals surface area contributed by atoms with Gasteiger partial charge in [0.05, 0.1) is 29.4 Å². The number of piperazine rings is 1. The molecule has 0 radical (unpaired) electrons. The number of rotatable bonds is 6. The number of carbonyl (C=O) groups is 2. The molecule has 1 saturated heterocycles. The number of nitrogens with one attached hydrogen (secondary N) is 1. The van der Waals surface area contributed by atoms with Crippen LogP contribution in [-0.2, 0) is 11.3 Å². The molecule has 1 unspecified atom stereocenters. The van der Waals surface area contributed by atoms with Crippen molar-refractivity contribution in [3.8, 4) is 0 Å². The highest BCUT2D eigenvalue weighted by Gasteiger charge is 2.37. The summed E-state index contributed by atoms with van der Waals surface area (Å²) in [4.78, 5) is 30.1. The number of halogens is 1. The molecule has 1 aliphatic heterocycles. The number of carbonyl (C=O) groups excluding carboxylic acids is 2. The van der Waals surface area contributed by atoms with Crippen LogP contribution in [0, 0.1) is 5.92 Å². The van der Waals surface area contributed by atoms with E-state index >= 15 is 0 Å². The first-order chi connectivity index (χ1) is 14.6. The summed E-state index contributed by atoms with van der Waals surface area (Å²) in [6, 6.07) is 10.7. The minimum absolute atomic E-state index is 0.0417. The third-order valence-corrected chi connectivity index (χ3v) is 6.56. The van der Waals surface area contributed by atoms with Gasteiger partial charge in [-0.05, 0) is 43.0 Å². The Morgan fingerprint density at radius 1 is 1.07 bits per heavy atom. The highest BCUT2D eigenvalue weighted by molar-refractivity contribution is 6.33. The van der Waals surface area contributed by atoms with Crippen LogP contribution in [0.15, 0.2) is 47.1 Å². The second-order valence-electron chi connectivity index (χ2n) is 8.09. The number of furan rings is 1. The van der Waals surface area contributed by atoms with E-state index in [0.29, 0.717) is 49.2 Å². The molecular formula is C23H28ClN3O3. The molecule has 2 aliphatic rings. The molecule has 4 rings (SSSR count). The third-order valence-electron chi connectivity index (χ3n) is 6.23. The van der Waals surface area contributed by atoms with Gasteiger partial charge in [-0.3, -0.25) is 14.5 Å². The molecule has 1 aromatic heterocycles. The number of benzene rings is 1. The van der Waals surface area contributed by atoms with Crippen molar-refractivity contribution in [3.05, 3.63) is 59.0 Å². The molecule has 7 heteroatoms. The van der Waals surface area contributed by atoms with Crippen molar-refractivity contribution in [2.45, 2.75) is 38.3 Å². The molecule has 1 aliphatic carbocycles. The van der Waals surface area contributed by atoms with Crippen LogP contribution in [0.2, 0.25) is 5.02 Å². The fourth-order valence-corrected chi connectivity index (χ4v) is 4.87. The zero-order valence-electron chi connectivity index (χ0n) is 17.1. The van der Waals surface area contributed by atoms with E-state index in [9.17, 15) is 9.59 Å². The molecule has 2 fully saturated rings. The number of nitrogens with zero attached hydrogens (tertiary/aromatic N) is 2. The maximum Gasteiger partial charge on any atom is 0.255 e. The Labute approximate surface area is 182 Å². The van der Waals surface area contributed by atoms with Gasteiger partial charge in [-0.25, -0.2) is 0 Å². The third kappa shape index (κ3) is 4.71. The standard InChI is InChI=1S/C23H28ClN3O3/c24-20-10-4-3-9-19(20)23(29)27-13-11-26(12-14-27)21(17-6-1-2-7-17)22(28)25-16-18-8-5-15-30-18/h3-5,8-10,15,17,21H,1-2,6-7,11-14,16H2,(H,25,28). The molecular weight excluding hydrogens is 402 g/mol. The van der Waals surface area contributed by atoms with Crippen LogP contribution in [0.1, 0.15) is 41.8 Å². The van der Waals surface area contributed by atoms with Crippen LogP contribution in [0.3, 0.4) is 0 Å². The molecule has 0 spiro atoms. The van der Waals surface area contributed by atoms with E-state index in [1.165, 1.54) is 12.8 Å². The Morgan fingerprint density at radius 3 is 2.47 bits per heavy atom.